The Morgan fingerprint density at radius 1 is 1.30 bits per heavy atom. The number of nitrogens with zero attached hydrogens (tertiary/aromatic N) is 4. The third-order valence-electron chi connectivity index (χ3n) is 4.78. The van der Waals surface area contributed by atoms with Crippen molar-refractivity contribution in [2.45, 2.75) is 32.2 Å². The molecule has 8 heteroatoms. The third kappa shape index (κ3) is 3.42. The molecule has 0 bridgehead atoms. The smallest absolute Gasteiger partial charge is 0.230 e. The zero-order valence-electron chi connectivity index (χ0n) is 15.2. The van der Waals surface area contributed by atoms with Crippen molar-refractivity contribution in [2.24, 2.45) is 0 Å². The van der Waals surface area contributed by atoms with E-state index in [1.54, 1.807) is 0 Å². The van der Waals surface area contributed by atoms with Crippen molar-refractivity contribution in [1.82, 2.24) is 19.5 Å². The first-order valence-electron chi connectivity index (χ1n) is 9.18. The summed E-state index contributed by atoms with van der Waals surface area (Å²) in [5.41, 5.74) is 0.986. The summed E-state index contributed by atoms with van der Waals surface area (Å²) in [6.45, 7) is 4.00. The molecule has 4 rings (SSSR count). The summed E-state index contributed by atoms with van der Waals surface area (Å²) >= 11 is 1.42. The minimum atomic E-state index is -0.209. The number of hydrogen-bond acceptors (Lipinski definition) is 7. The number of hydrogen-bond donors (Lipinski definition) is 1. The summed E-state index contributed by atoms with van der Waals surface area (Å²) in [5, 5.41) is 14.9. The lowest BCUT2D eigenvalue weighted by Crippen LogP contribution is -2.37. The van der Waals surface area contributed by atoms with Crippen LogP contribution in [0.25, 0.3) is 4.96 Å². The molecule has 1 fully saturated rings. The number of piperidine rings is 1. The molecule has 2 aromatic heterocycles. The van der Waals surface area contributed by atoms with Crippen LogP contribution in [0.2, 0.25) is 0 Å². The Labute approximate surface area is 161 Å². The van der Waals surface area contributed by atoms with Gasteiger partial charge in [-0.1, -0.05) is 36.5 Å². The fraction of sp³-hybridized carbons (Fsp3) is 0.421. The van der Waals surface area contributed by atoms with E-state index in [4.69, 9.17) is 4.74 Å². The van der Waals surface area contributed by atoms with E-state index < -0.39 is 0 Å². The highest BCUT2D eigenvalue weighted by atomic mass is 32.1. The summed E-state index contributed by atoms with van der Waals surface area (Å²) < 4.78 is 7.44. The van der Waals surface area contributed by atoms with Gasteiger partial charge in [0.15, 0.2) is 0 Å². The molecule has 1 N–H and O–H groups in total. The van der Waals surface area contributed by atoms with Crippen LogP contribution < -0.4 is 4.74 Å². The molecule has 0 amide bonds. The van der Waals surface area contributed by atoms with E-state index in [0.717, 1.165) is 22.6 Å². The molecule has 1 atom stereocenters. The Kier molecular flexibility index (Phi) is 5.09. The SMILES string of the molecule is CCCOc1ccccc1C(c1sc2ncnn2c1O)N1CCC(=O)CC1. The molecule has 142 valence electrons. The summed E-state index contributed by atoms with van der Waals surface area (Å²) in [6, 6.07) is 7.71. The van der Waals surface area contributed by atoms with Gasteiger partial charge in [0.1, 0.15) is 17.9 Å². The molecule has 0 spiro atoms. The topological polar surface area (TPSA) is 80.0 Å². The quantitative estimate of drug-likeness (QED) is 0.701. The van der Waals surface area contributed by atoms with Crippen LogP contribution in [0, 0.1) is 0 Å². The second kappa shape index (κ2) is 7.66. The summed E-state index contributed by atoms with van der Waals surface area (Å²) in [7, 11) is 0. The van der Waals surface area contributed by atoms with Crippen LogP contribution in [0.3, 0.4) is 0 Å². The van der Waals surface area contributed by atoms with Crippen molar-refractivity contribution in [3.63, 3.8) is 0 Å². The first-order valence-corrected chi connectivity index (χ1v) is 9.99. The number of thiazole rings is 1. The Hall–Kier alpha value is -2.45. The van der Waals surface area contributed by atoms with Crippen LogP contribution in [0.4, 0.5) is 0 Å². The van der Waals surface area contributed by atoms with Gasteiger partial charge in [-0.3, -0.25) is 9.69 Å². The van der Waals surface area contributed by atoms with Crippen LogP contribution in [0.5, 0.6) is 11.6 Å². The summed E-state index contributed by atoms with van der Waals surface area (Å²) in [5.74, 6) is 1.19. The molecule has 1 unspecified atom stereocenters. The molecule has 1 aromatic carbocycles. The molecule has 3 aromatic rings. The fourth-order valence-corrected chi connectivity index (χ4v) is 4.54. The Balaban J connectivity index is 1.80. The number of fused-ring (bicyclic) bond motifs is 1. The van der Waals surface area contributed by atoms with E-state index in [1.165, 1.54) is 22.2 Å². The number of likely N-dealkylation sites (tertiary alicyclic amines) is 1. The van der Waals surface area contributed by atoms with E-state index in [9.17, 15) is 9.90 Å². The van der Waals surface area contributed by atoms with Crippen molar-refractivity contribution in [3.8, 4) is 11.6 Å². The lowest BCUT2D eigenvalue weighted by Gasteiger charge is -2.34. The molecule has 0 saturated carbocycles. The average molecular weight is 386 g/mol. The molecule has 3 heterocycles. The minimum absolute atomic E-state index is 0.0969. The second-order valence-electron chi connectivity index (χ2n) is 6.61. The largest absolute Gasteiger partial charge is 0.493 e. The van der Waals surface area contributed by atoms with Crippen molar-refractivity contribution >= 4 is 22.1 Å². The van der Waals surface area contributed by atoms with Gasteiger partial charge in [-0.15, -0.1) is 0 Å². The van der Waals surface area contributed by atoms with Gasteiger partial charge < -0.3 is 9.84 Å². The fourth-order valence-electron chi connectivity index (χ4n) is 3.46. The number of Topliss-reactive ketones (excluding diaryl/α,β-unsaturated/α-hetero) is 1. The number of benzene rings is 1. The Morgan fingerprint density at radius 3 is 2.81 bits per heavy atom. The van der Waals surface area contributed by atoms with Crippen molar-refractivity contribution in [2.75, 3.05) is 19.7 Å². The zero-order chi connectivity index (χ0) is 18.8. The van der Waals surface area contributed by atoms with E-state index in [0.29, 0.717) is 37.5 Å². The van der Waals surface area contributed by atoms with Crippen molar-refractivity contribution in [1.29, 1.82) is 0 Å². The molecular weight excluding hydrogens is 364 g/mol. The number of aromatic nitrogens is 3. The van der Waals surface area contributed by atoms with E-state index in [-0.39, 0.29) is 17.7 Å². The molecular formula is C19H22N4O3S. The molecule has 7 nitrogen and oxygen atoms in total. The maximum Gasteiger partial charge on any atom is 0.230 e. The number of carbonyl (C=O) groups is 1. The number of ether oxygens (including phenoxy) is 1. The van der Waals surface area contributed by atoms with Gasteiger partial charge in [0.2, 0.25) is 10.8 Å². The zero-order valence-corrected chi connectivity index (χ0v) is 16.0. The highest BCUT2D eigenvalue weighted by Crippen LogP contribution is 2.43. The minimum Gasteiger partial charge on any atom is -0.493 e. The summed E-state index contributed by atoms with van der Waals surface area (Å²) in [4.78, 5) is 19.6. The van der Waals surface area contributed by atoms with Gasteiger partial charge in [-0.05, 0) is 12.5 Å². The highest BCUT2D eigenvalue weighted by Gasteiger charge is 2.33. The second-order valence-corrected chi connectivity index (χ2v) is 7.62. The predicted molar refractivity (Wildman–Crippen MR) is 102 cm³/mol. The van der Waals surface area contributed by atoms with Crippen LogP contribution in [-0.4, -0.2) is 50.1 Å². The van der Waals surface area contributed by atoms with E-state index in [1.807, 2.05) is 24.3 Å². The van der Waals surface area contributed by atoms with Crippen molar-refractivity contribution in [3.05, 3.63) is 41.0 Å². The number of aromatic hydroxyl groups is 1. The van der Waals surface area contributed by atoms with Crippen LogP contribution in [0.15, 0.2) is 30.6 Å². The molecule has 1 aliphatic heterocycles. The van der Waals surface area contributed by atoms with Gasteiger partial charge >= 0.3 is 0 Å². The summed E-state index contributed by atoms with van der Waals surface area (Å²) in [6.07, 6.45) is 3.40. The van der Waals surface area contributed by atoms with Crippen LogP contribution in [-0.2, 0) is 4.79 Å². The van der Waals surface area contributed by atoms with E-state index >= 15 is 0 Å². The number of para-hydroxylation sites is 1. The molecule has 0 radical (unpaired) electrons. The van der Waals surface area contributed by atoms with E-state index in [2.05, 4.69) is 21.9 Å². The maximum atomic E-state index is 11.8. The highest BCUT2D eigenvalue weighted by molar-refractivity contribution is 7.17. The molecule has 27 heavy (non-hydrogen) atoms. The van der Waals surface area contributed by atoms with Crippen LogP contribution in [0.1, 0.15) is 42.7 Å². The first kappa shape index (κ1) is 17.9. The average Bonchev–Trinajstić information content (AvgIpc) is 3.26. The first-order chi connectivity index (χ1) is 13.2. The standard InChI is InChI=1S/C19H22N4O3S/c1-2-11-26-15-6-4-3-5-14(15)16(22-9-7-13(24)8-10-22)17-18(25)23-19(27-17)20-12-21-23/h3-6,12,16,25H,2,7-11H2,1H3. The maximum absolute atomic E-state index is 11.8. The van der Waals surface area contributed by atoms with Gasteiger partial charge in [0.25, 0.3) is 0 Å². The predicted octanol–water partition coefficient (Wildman–Crippen LogP) is 3.04. The number of ketones is 1. The number of carbonyl (C=O) groups excluding carboxylic acids is 1. The third-order valence-corrected chi connectivity index (χ3v) is 5.87. The van der Waals surface area contributed by atoms with Gasteiger partial charge in [0, 0.05) is 31.5 Å². The Bertz CT molecular complexity index is 941. The molecule has 0 aliphatic carbocycles. The normalized spacial score (nSPS) is 16.7. The van der Waals surface area contributed by atoms with Gasteiger partial charge in [-0.2, -0.15) is 9.61 Å². The van der Waals surface area contributed by atoms with Crippen LogP contribution >= 0.6 is 11.3 Å². The van der Waals surface area contributed by atoms with Gasteiger partial charge in [0.05, 0.1) is 17.5 Å². The van der Waals surface area contributed by atoms with Gasteiger partial charge in [-0.25, -0.2) is 4.98 Å². The lowest BCUT2D eigenvalue weighted by molar-refractivity contribution is -0.121. The molecule has 1 aliphatic rings. The molecule has 1 saturated heterocycles. The Morgan fingerprint density at radius 2 is 2.07 bits per heavy atom. The monoisotopic (exact) mass is 386 g/mol. The lowest BCUT2D eigenvalue weighted by atomic mass is 9.99. The number of rotatable bonds is 6. The van der Waals surface area contributed by atoms with Crippen molar-refractivity contribution < 1.29 is 14.6 Å².